The van der Waals surface area contributed by atoms with Crippen LogP contribution in [0.5, 0.6) is 0 Å². The number of carbonyl (C=O) groups is 1. The first-order valence-electron chi connectivity index (χ1n) is 4.22. The number of cyclic esters (lactones) is 1. The van der Waals surface area contributed by atoms with Gasteiger partial charge in [0, 0.05) is 4.99 Å². The number of esters is 1. The highest BCUT2D eigenvalue weighted by Gasteiger charge is 2.32. The molecule has 0 spiro atoms. The molecule has 5 heteroatoms. The van der Waals surface area contributed by atoms with Crippen LogP contribution in [0.15, 0.2) is 20.8 Å². The Balaban J connectivity index is 2.95. The zero-order valence-corrected chi connectivity index (χ0v) is 10.8. The molecule has 0 radical (unpaired) electrons. The summed E-state index contributed by atoms with van der Waals surface area (Å²) in [4.78, 5) is 12.8. The Kier molecular flexibility index (Phi) is 4.34. The van der Waals surface area contributed by atoms with E-state index in [1.165, 1.54) is 4.99 Å². The molecule has 0 saturated heterocycles. The summed E-state index contributed by atoms with van der Waals surface area (Å²) in [5.41, 5.74) is 0.303. The van der Waals surface area contributed by atoms with Crippen LogP contribution in [0, 0.1) is 0 Å². The first-order valence-corrected chi connectivity index (χ1v) is 5.93. The summed E-state index contributed by atoms with van der Waals surface area (Å²) in [5.74, 6) is -0.0799. The molecule has 1 aliphatic rings. The topological polar surface area (TPSA) is 46.5 Å². The number of carbonyl (C=O) groups excluding carboxylic acids is 1. The van der Waals surface area contributed by atoms with Gasteiger partial charge in [0.05, 0.1) is 16.2 Å². The second-order valence-electron chi connectivity index (χ2n) is 2.90. The third-order valence-corrected chi connectivity index (χ3v) is 3.10. The lowest BCUT2D eigenvalue weighted by molar-refractivity contribution is -0.134. The van der Waals surface area contributed by atoms with Crippen molar-refractivity contribution in [2.45, 2.75) is 25.9 Å². The van der Waals surface area contributed by atoms with E-state index in [1.54, 1.807) is 0 Å². The lowest BCUT2D eigenvalue weighted by atomic mass is 10.1. The minimum absolute atomic E-state index is 0.303. The third-order valence-electron chi connectivity index (χ3n) is 1.87. The van der Waals surface area contributed by atoms with Crippen molar-refractivity contribution in [3.63, 3.8) is 0 Å². The third kappa shape index (κ3) is 2.27. The van der Waals surface area contributed by atoms with Gasteiger partial charge in [-0.2, -0.15) is 0 Å². The van der Waals surface area contributed by atoms with Crippen LogP contribution in [0.1, 0.15) is 19.8 Å². The van der Waals surface area contributed by atoms with Gasteiger partial charge < -0.3 is 9.84 Å². The van der Waals surface area contributed by atoms with Gasteiger partial charge >= 0.3 is 5.97 Å². The fraction of sp³-hybridized carbons (Fsp3) is 0.444. The fourth-order valence-electron chi connectivity index (χ4n) is 1.19. The van der Waals surface area contributed by atoms with Gasteiger partial charge in [0.25, 0.3) is 0 Å². The summed E-state index contributed by atoms with van der Waals surface area (Å²) in [5, 5.41) is 9.67. The molecular weight excluding hydrogens is 316 g/mol. The van der Waals surface area contributed by atoms with E-state index < -0.39 is 12.1 Å². The molecule has 1 rings (SSSR count). The van der Waals surface area contributed by atoms with Crippen LogP contribution < -0.4 is 0 Å². The van der Waals surface area contributed by atoms with Crippen molar-refractivity contribution in [1.82, 2.24) is 0 Å². The lowest BCUT2D eigenvalue weighted by Gasteiger charge is -2.07. The number of hydrogen-bond donors (Lipinski definition) is 1. The average Bonchev–Trinajstić information content (AvgIpc) is 2.41. The predicted molar refractivity (Wildman–Crippen MR) is 60.0 cm³/mol. The van der Waals surface area contributed by atoms with Gasteiger partial charge in [-0.15, -0.1) is 0 Å². The van der Waals surface area contributed by atoms with E-state index in [0.717, 1.165) is 6.42 Å². The lowest BCUT2D eigenvalue weighted by Crippen LogP contribution is -2.15. The summed E-state index contributed by atoms with van der Waals surface area (Å²) in [7, 11) is 0. The van der Waals surface area contributed by atoms with Crippen molar-refractivity contribution in [2.75, 3.05) is 0 Å². The minimum Gasteiger partial charge on any atom is -0.421 e. The van der Waals surface area contributed by atoms with Gasteiger partial charge in [-0.1, -0.05) is 29.3 Å². The fourth-order valence-corrected chi connectivity index (χ4v) is 2.44. The van der Waals surface area contributed by atoms with Crippen LogP contribution in [-0.4, -0.2) is 17.2 Å². The van der Waals surface area contributed by atoms with Gasteiger partial charge in [-0.3, -0.25) is 0 Å². The van der Waals surface area contributed by atoms with E-state index >= 15 is 0 Å². The van der Waals surface area contributed by atoms with Crippen LogP contribution in [0.25, 0.3) is 0 Å². The molecule has 3 nitrogen and oxygen atoms in total. The average molecular weight is 326 g/mol. The summed E-state index contributed by atoms with van der Waals surface area (Å²) in [6, 6.07) is 0. The van der Waals surface area contributed by atoms with E-state index in [0.29, 0.717) is 22.2 Å². The summed E-state index contributed by atoms with van der Waals surface area (Å²) >= 11 is 6.29. The van der Waals surface area contributed by atoms with Crippen molar-refractivity contribution in [3.05, 3.63) is 20.8 Å². The van der Waals surface area contributed by atoms with E-state index in [4.69, 9.17) is 4.74 Å². The summed E-state index contributed by atoms with van der Waals surface area (Å²) in [6.07, 6.45) is 0.604. The van der Waals surface area contributed by atoms with E-state index in [-0.39, 0.29) is 0 Å². The zero-order valence-electron chi connectivity index (χ0n) is 7.59. The van der Waals surface area contributed by atoms with Gasteiger partial charge in [-0.25, -0.2) is 4.79 Å². The first-order chi connectivity index (χ1) is 6.61. The molecule has 1 atom stereocenters. The van der Waals surface area contributed by atoms with Crippen molar-refractivity contribution in [3.8, 4) is 0 Å². The maximum absolute atomic E-state index is 11.3. The highest BCUT2D eigenvalue weighted by molar-refractivity contribution is 9.12. The quantitative estimate of drug-likeness (QED) is 0.811. The highest BCUT2D eigenvalue weighted by atomic mass is 79.9. The Morgan fingerprint density at radius 3 is 2.71 bits per heavy atom. The van der Waals surface area contributed by atoms with Crippen molar-refractivity contribution < 1.29 is 14.6 Å². The molecule has 0 unspecified atom stereocenters. The monoisotopic (exact) mass is 324 g/mol. The molecule has 0 bridgehead atoms. The number of halogens is 2. The number of allylic oxidation sites excluding steroid dienone is 1. The molecule has 0 amide bonds. The van der Waals surface area contributed by atoms with Gasteiger partial charge in [-0.05, 0) is 22.4 Å². The molecule has 1 aliphatic heterocycles. The molecule has 1 heterocycles. The highest BCUT2D eigenvalue weighted by Crippen LogP contribution is 2.34. The van der Waals surface area contributed by atoms with Crippen molar-refractivity contribution in [1.29, 1.82) is 0 Å². The Labute approximate surface area is 99.1 Å². The minimum atomic E-state index is -0.758. The molecule has 0 saturated carbocycles. The summed E-state index contributed by atoms with van der Waals surface area (Å²) in [6.45, 7) is 1.94. The Hall–Kier alpha value is -0.130. The van der Waals surface area contributed by atoms with E-state index in [1.807, 2.05) is 6.92 Å². The molecule has 0 aromatic rings. The van der Waals surface area contributed by atoms with Crippen LogP contribution in [0.4, 0.5) is 0 Å². The second-order valence-corrected chi connectivity index (χ2v) is 4.15. The number of aliphatic hydroxyl groups is 1. The van der Waals surface area contributed by atoms with E-state index in [9.17, 15) is 9.90 Å². The molecule has 0 fully saturated rings. The number of aliphatic hydroxyl groups excluding tert-OH is 1. The molecule has 0 aliphatic carbocycles. The maximum Gasteiger partial charge on any atom is 0.343 e. The Morgan fingerprint density at radius 2 is 2.29 bits per heavy atom. The van der Waals surface area contributed by atoms with Crippen LogP contribution in [0.2, 0.25) is 0 Å². The van der Waals surface area contributed by atoms with Gasteiger partial charge in [0.1, 0.15) is 0 Å². The molecule has 1 N–H and O–H groups in total. The number of ether oxygens (including phenoxy) is 1. The first kappa shape index (κ1) is 11.9. The maximum atomic E-state index is 11.3. The molecular formula is C9H10Br2O3. The normalized spacial score (nSPS) is 21.7. The second kappa shape index (κ2) is 5.09. The van der Waals surface area contributed by atoms with Crippen LogP contribution in [-0.2, 0) is 9.53 Å². The standard InChI is InChI=1S/C9H10Br2O3/c1-2-3-5(12)7-8(11)6(4-10)14-9(7)13/h4-5,12H,2-3H2,1H3/t5-/m1/s1. The van der Waals surface area contributed by atoms with Crippen LogP contribution in [0.3, 0.4) is 0 Å². The Bertz CT molecular complexity index is 307. The molecule has 0 aromatic carbocycles. The largest absolute Gasteiger partial charge is 0.421 e. The predicted octanol–water partition coefficient (Wildman–Crippen LogP) is 2.59. The smallest absolute Gasteiger partial charge is 0.343 e. The van der Waals surface area contributed by atoms with E-state index in [2.05, 4.69) is 31.9 Å². The zero-order chi connectivity index (χ0) is 10.7. The van der Waals surface area contributed by atoms with Crippen LogP contribution >= 0.6 is 31.9 Å². The van der Waals surface area contributed by atoms with Crippen molar-refractivity contribution in [2.24, 2.45) is 0 Å². The summed E-state index contributed by atoms with van der Waals surface area (Å²) < 4.78 is 5.43. The SMILES string of the molecule is CCC[C@@H](O)C1=C(Br)C(=CBr)OC1=O. The number of hydrogen-bond acceptors (Lipinski definition) is 3. The molecule has 14 heavy (non-hydrogen) atoms. The number of rotatable bonds is 3. The molecule has 0 aromatic heterocycles. The van der Waals surface area contributed by atoms with Gasteiger partial charge in [0.15, 0.2) is 5.76 Å². The molecule has 78 valence electrons. The Morgan fingerprint density at radius 1 is 1.64 bits per heavy atom. The van der Waals surface area contributed by atoms with Gasteiger partial charge in [0.2, 0.25) is 0 Å². The van der Waals surface area contributed by atoms with Crippen molar-refractivity contribution >= 4 is 37.8 Å².